The van der Waals surface area contributed by atoms with E-state index in [1.807, 2.05) is 13.8 Å². The van der Waals surface area contributed by atoms with Gasteiger partial charge in [-0.3, -0.25) is 4.68 Å². The first-order chi connectivity index (χ1) is 5.43. The molecule has 1 rings (SSSR count). The average molecular weight is 157 g/mol. The van der Waals surface area contributed by atoms with Crippen molar-refractivity contribution in [2.45, 2.75) is 20.4 Å². The summed E-state index contributed by atoms with van der Waals surface area (Å²) in [5.74, 6) is 0. The zero-order valence-electron chi connectivity index (χ0n) is 7.32. The Kier molecular flexibility index (Phi) is 6.62. The molecule has 0 fully saturated rings. The Labute approximate surface area is 67.2 Å². The molecule has 1 aromatic heterocycles. The van der Waals surface area contributed by atoms with Gasteiger partial charge in [-0.1, -0.05) is 19.1 Å². The summed E-state index contributed by atoms with van der Waals surface area (Å²) < 4.78 is 6.55. The van der Waals surface area contributed by atoms with E-state index in [-0.39, 0.29) is 0 Å². The minimum Gasteiger partial charge on any atom is -0.383 e. The Balaban J connectivity index is 0.000000461. The van der Waals surface area contributed by atoms with E-state index < -0.39 is 0 Å². The first-order valence-electron chi connectivity index (χ1n) is 3.76. The molecule has 4 heteroatoms. The maximum atomic E-state index is 4.83. The fourth-order valence-corrected chi connectivity index (χ4v) is 0.537. The van der Waals surface area contributed by atoms with Crippen molar-refractivity contribution < 1.29 is 4.74 Å². The van der Waals surface area contributed by atoms with Crippen LogP contribution in [0.4, 0.5) is 0 Å². The third-order valence-corrected chi connectivity index (χ3v) is 0.996. The third kappa shape index (κ3) is 4.50. The molecule has 1 aromatic rings. The molecule has 0 amide bonds. The Morgan fingerprint density at radius 3 is 2.64 bits per heavy atom. The van der Waals surface area contributed by atoms with Crippen LogP contribution in [0.1, 0.15) is 13.8 Å². The lowest BCUT2D eigenvalue weighted by Crippen LogP contribution is -2.04. The largest absolute Gasteiger partial charge is 0.383 e. The molecular formula is C7H15N3O. The quantitative estimate of drug-likeness (QED) is 0.655. The summed E-state index contributed by atoms with van der Waals surface area (Å²) in [6, 6.07) is 0. The van der Waals surface area contributed by atoms with Crippen LogP contribution in [0, 0.1) is 0 Å². The van der Waals surface area contributed by atoms with E-state index in [0.717, 1.165) is 6.54 Å². The molecular weight excluding hydrogens is 142 g/mol. The summed E-state index contributed by atoms with van der Waals surface area (Å²) in [4.78, 5) is 0. The van der Waals surface area contributed by atoms with Crippen LogP contribution in [0.15, 0.2) is 12.4 Å². The van der Waals surface area contributed by atoms with E-state index in [4.69, 9.17) is 4.74 Å². The third-order valence-electron chi connectivity index (χ3n) is 0.996. The SMILES string of the molecule is CC.COCCn1ccnn1. The Morgan fingerprint density at radius 1 is 1.45 bits per heavy atom. The van der Waals surface area contributed by atoms with Gasteiger partial charge in [-0.05, 0) is 0 Å². The zero-order valence-corrected chi connectivity index (χ0v) is 7.32. The van der Waals surface area contributed by atoms with Crippen LogP contribution < -0.4 is 0 Å². The molecule has 0 spiro atoms. The Morgan fingerprint density at radius 2 is 2.18 bits per heavy atom. The van der Waals surface area contributed by atoms with Gasteiger partial charge >= 0.3 is 0 Å². The lowest BCUT2D eigenvalue weighted by atomic mass is 10.7. The lowest BCUT2D eigenvalue weighted by molar-refractivity contribution is 0.183. The molecule has 0 radical (unpaired) electrons. The van der Waals surface area contributed by atoms with Crippen molar-refractivity contribution in [3.63, 3.8) is 0 Å². The predicted molar refractivity (Wildman–Crippen MR) is 43.2 cm³/mol. The van der Waals surface area contributed by atoms with Crippen molar-refractivity contribution in [3.05, 3.63) is 12.4 Å². The van der Waals surface area contributed by atoms with Gasteiger partial charge in [0.15, 0.2) is 0 Å². The average Bonchev–Trinajstić information content (AvgIpc) is 2.57. The summed E-state index contributed by atoms with van der Waals surface area (Å²) in [5, 5.41) is 7.37. The van der Waals surface area contributed by atoms with Gasteiger partial charge in [0.25, 0.3) is 0 Å². The van der Waals surface area contributed by atoms with E-state index in [1.54, 1.807) is 24.2 Å². The van der Waals surface area contributed by atoms with E-state index in [9.17, 15) is 0 Å². The predicted octanol–water partition coefficient (Wildman–Crippen LogP) is 0.951. The van der Waals surface area contributed by atoms with Gasteiger partial charge < -0.3 is 4.74 Å². The van der Waals surface area contributed by atoms with Crippen molar-refractivity contribution in [2.75, 3.05) is 13.7 Å². The van der Waals surface area contributed by atoms with Gasteiger partial charge in [-0.2, -0.15) is 0 Å². The van der Waals surface area contributed by atoms with Crippen LogP contribution >= 0.6 is 0 Å². The molecule has 4 nitrogen and oxygen atoms in total. The van der Waals surface area contributed by atoms with E-state index in [1.165, 1.54) is 0 Å². The van der Waals surface area contributed by atoms with Crippen molar-refractivity contribution in [1.82, 2.24) is 15.0 Å². The number of ether oxygens (including phenoxy) is 1. The fourth-order valence-electron chi connectivity index (χ4n) is 0.537. The smallest absolute Gasteiger partial charge is 0.0692 e. The molecule has 1 heterocycles. The van der Waals surface area contributed by atoms with Crippen molar-refractivity contribution in [3.8, 4) is 0 Å². The highest BCUT2D eigenvalue weighted by Crippen LogP contribution is 1.79. The number of hydrogen-bond acceptors (Lipinski definition) is 3. The molecule has 0 N–H and O–H groups in total. The molecule has 0 atom stereocenters. The molecule has 64 valence electrons. The maximum absolute atomic E-state index is 4.83. The maximum Gasteiger partial charge on any atom is 0.0692 e. The van der Waals surface area contributed by atoms with Gasteiger partial charge in [0.1, 0.15) is 0 Å². The fraction of sp³-hybridized carbons (Fsp3) is 0.714. The second-order valence-corrected chi connectivity index (χ2v) is 1.66. The molecule has 0 aliphatic heterocycles. The van der Waals surface area contributed by atoms with Crippen LogP contribution in [-0.4, -0.2) is 28.7 Å². The molecule has 0 saturated heterocycles. The summed E-state index contributed by atoms with van der Waals surface area (Å²) in [5.41, 5.74) is 0. The summed E-state index contributed by atoms with van der Waals surface area (Å²) >= 11 is 0. The standard InChI is InChI=1S/C5H9N3O.C2H6/c1-9-5-4-8-3-2-6-7-8;1-2/h2-3H,4-5H2,1H3;1-2H3. The summed E-state index contributed by atoms with van der Waals surface area (Å²) in [6.45, 7) is 5.46. The highest BCUT2D eigenvalue weighted by atomic mass is 16.5. The Hall–Kier alpha value is -0.900. The van der Waals surface area contributed by atoms with Gasteiger partial charge in [-0.15, -0.1) is 5.10 Å². The molecule has 0 aliphatic rings. The van der Waals surface area contributed by atoms with Gasteiger partial charge in [-0.25, -0.2) is 0 Å². The second-order valence-electron chi connectivity index (χ2n) is 1.66. The minimum absolute atomic E-state index is 0.684. The van der Waals surface area contributed by atoms with Crippen molar-refractivity contribution >= 4 is 0 Å². The molecule has 0 unspecified atom stereocenters. The van der Waals surface area contributed by atoms with E-state index >= 15 is 0 Å². The van der Waals surface area contributed by atoms with Crippen LogP contribution in [0.2, 0.25) is 0 Å². The second kappa shape index (κ2) is 7.21. The van der Waals surface area contributed by atoms with E-state index in [2.05, 4.69) is 10.3 Å². The highest BCUT2D eigenvalue weighted by Gasteiger charge is 1.86. The van der Waals surface area contributed by atoms with Crippen molar-refractivity contribution in [2.24, 2.45) is 0 Å². The van der Waals surface area contributed by atoms with Crippen LogP contribution in [0.3, 0.4) is 0 Å². The molecule has 0 saturated carbocycles. The lowest BCUT2D eigenvalue weighted by Gasteiger charge is -1.95. The van der Waals surface area contributed by atoms with Crippen molar-refractivity contribution in [1.29, 1.82) is 0 Å². The Bertz CT molecular complexity index is 151. The van der Waals surface area contributed by atoms with Crippen LogP contribution in [-0.2, 0) is 11.3 Å². The van der Waals surface area contributed by atoms with Gasteiger partial charge in [0.05, 0.1) is 19.3 Å². The monoisotopic (exact) mass is 157 g/mol. The first-order valence-corrected chi connectivity index (χ1v) is 3.76. The number of aromatic nitrogens is 3. The molecule has 0 aromatic carbocycles. The van der Waals surface area contributed by atoms with E-state index in [0.29, 0.717) is 6.61 Å². The summed E-state index contributed by atoms with van der Waals surface area (Å²) in [6.07, 6.45) is 3.45. The molecule has 0 aliphatic carbocycles. The summed E-state index contributed by atoms with van der Waals surface area (Å²) in [7, 11) is 1.66. The number of nitrogens with zero attached hydrogens (tertiary/aromatic N) is 3. The van der Waals surface area contributed by atoms with Crippen LogP contribution in [0.5, 0.6) is 0 Å². The van der Waals surface area contributed by atoms with Crippen LogP contribution in [0.25, 0.3) is 0 Å². The number of rotatable bonds is 3. The minimum atomic E-state index is 0.684. The molecule has 11 heavy (non-hydrogen) atoms. The topological polar surface area (TPSA) is 39.9 Å². The van der Waals surface area contributed by atoms with Gasteiger partial charge in [0.2, 0.25) is 0 Å². The first kappa shape index (κ1) is 10.1. The normalized spacial score (nSPS) is 8.64. The number of hydrogen-bond donors (Lipinski definition) is 0. The molecule has 0 bridgehead atoms. The zero-order chi connectivity index (χ0) is 8.53. The number of methoxy groups -OCH3 is 1. The van der Waals surface area contributed by atoms with Gasteiger partial charge in [0, 0.05) is 13.3 Å². The highest BCUT2D eigenvalue weighted by molar-refractivity contribution is 4.62.